The molecule has 0 aromatic heterocycles. The fourth-order valence-electron chi connectivity index (χ4n) is 3.00. The molecule has 1 unspecified atom stereocenters. The molecule has 3 nitrogen and oxygen atoms in total. The molecule has 21 heavy (non-hydrogen) atoms. The van der Waals surface area contributed by atoms with Crippen LogP contribution in [0.5, 0.6) is 5.75 Å². The number of hydrogen-bond acceptors (Lipinski definition) is 3. The van der Waals surface area contributed by atoms with Crippen LogP contribution < -0.4 is 15.4 Å². The molecule has 0 radical (unpaired) electrons. The number of anilines is 2. The number of ether oxygens (including phenoxy) is 1. The molecule has 3 heteroatoms. The van der Waals surface area contributed by atoms with Crippen LogP contribution in [0.15, 0.2) is 48.5 Å². The second-order valence-electron chi connectivity index (χ2n) is 5.77. The van der Waals surface area contributed by atoms with Gasteiger partial charge in [0.1, 0.15) is 12.4 Å². The highest BCUT2D eigenvalue weighted by molar-refractivity contribution is 5.56. The first kappa shape index (κ1) is 13.8. The lowest BCUT2D eigenvalue weighted by molar-refractivity contribution is 0.321. The molecule has 0 saturated carbocycles. The third-order valence-corrected chi connectivity index (χ3v) is 3.97. The molecule has 0 bridgehead atoms. The van der Waals surface area contributed by atoms with E-state index < -0.39 is 0 Å². The van der Waals surface area contributed by atoms with Crippen LogP contribution in [0.25, 0.3) is 0 Å². The van der Waals surface area contributed by atoms with Crippen molar-refractivity contribution >= 4 is 11.4 Å². The van der Waals surface area contributed by atoms with Gasteiger partial charge in [-0.2, -0.15) is 0 Å². The summed E-state index contributed by atoms with van der Waals surface area (Å²) in [5.74, 6) is 1.46. The molecule has 1 aliphatic heterocycles. The maximum atomic E-state index is 5.90. The number of nitrogens with two attached hydrogens (primary N) is 1. The molecule has 0 aliphatic carbocycles. The Morgan fingerprint density at radius 1 is 1.14 bits per heavy atom. The van der Waals surface area contributed by atoms with Gasteiger partial charge < -0.3 is 15.4 Å². The summed E-state index contributed by atoms with van der Waals surface area (Å²) >= 11 is 0. The van der Waals surface area contributed by atoms with Gasteiger partial charge in [0.15, 0.2) is 0 Å². The molecule has 1 heterocycles. The normalized spacial score (nSPS) is 17.4. The Morgan fingerprint density at radius 2 is 1.90 bits per heavy atom. The smallest absolute Gasteiger partial charge is 0.142 e. The number of nitrogen functional groups attached to an aromatic ring is 1. The predicted octanol–water partition coefficient (Wildman–Crippen LogP) is 3.35. The molecule has 2 N–H and O–H groups in total. The van der Waals surface area contributed by atoms with E-state index >= 15 is 0 Å². The van der Waals surface area contributed by atoms with Gasteiger partial charge in [0.05, 0.1) is 12.2 Å². The van der Waals surface area contributed by atoms with Crippen LogP contribution in [0.3, 0.4) is 0 Å². The van der Waals surface area contributed by atoms with Crippen molar-refractivity contribution in [3.8, 4) is 5.75 Å². The highest BCUT2D eigenvalue weighted by Crippen LogP contribution is 2.29. The van der Waals surface area contributed by atoms with Gasteiger partial charge in [-0.3, -0.25) is 0 Å². The lowest BCUT2D eigenvalue weighted by Gasteiger charge is -2.34. The Bertz CT molecular complexity index is 612. The maximum absolute atomic E-state index is 5.90. The Morgan fingerprint density at radius 3 is 2.76 bits per heavy atom. The van der Waals surface area contributed by atoms with Crippen LogP contribution >= 0.6 is 0 Å². The van der Waals surface area contributed by atoms with Gasteiger partial charge in [0, 0.05) is 12.2 Å². The third kappa shape index (κ3) is 3.13. The van der Waals surface area contributed by atoms with Crippen LogP contribution in [0, 0.1) is 5.92 Å². The summed E-state index contributed by atoms with van der Waals surface area (Å²) in [6.07, 6.45) is 1.17. The van der Waals surface area contributed by atoms with Crippen molar-refractivity contribution in [2.45, 2.75) is 13.3 Å². The van der Waals surface area contributed by atoms with Crippen molar-refractivity contribution in [3.63, 3.8) is 0 Å². The highest BCUT2D eigenvalue weighted by Gasteiger charge is 2.20. The molecular weight excluding hydrogens is 260 g/mol. The second kappa shape index (κ2) is 6.08. The maximum Gasteiger partial charge on any atom is 0.142 e. The molecule has 0 amide bonds. The fourth-order valence-corrected chi connectivity index (χ4v) is 3.00. The Hall–Kier alpha value is -2.16. The molecule has 3 rings (SSSR count). The molecule has 2 aromatic rings. The third-order valence-electron chi connectivity index (χ3n) is 3.97. The largest absolute Gasteiger partial charge is 0.490 e. The molecule has 0 saturated heterocycles. The highest BCUT2D eigenvalue weighted by atomic mass is 16.5. The molecule has 110 valence electrons. The van der Waals surface area contributed by atoms with Crippen LogP contribution in [-0.2, 0) is 6.42 Å². The minimum Gasteiger partial charge on any atom is -0.490 e. The van der Waals surface area contributed by atoms with Gasteiger partial charge in [0.2, 0.25) is 0 Å². The molecule has 1 atom stereocenters. The quantitative estimate of drug-likeness (QED) is 0.874. The van der Waals surface area contributed by atoms with Crippen molar-refractivity contribution in [2.75, 3.05) is 30.3 Å². The van der Waals surface area contributed by atoms with Crippen LogP contribution in [0.2, 0.25) is 0 Å². The van der Waals surface area contributed by atoms with E-state index in [0.717, 1.165) is 18.8 Å². The SMILES string of the molecule is CC1Cc2ccccc2N(CCOc2ccccc2N)C1. The van der Waals surface area contributed by atoms with Crippen molar-refractivity contribution in [3.05, 3.63) is 54.1 Å². The summed E-state index contributed by atoms with van der Waals surface area (Å²) < 4.78 is 5.82. The summed E-state index contributed by atoms with van der Waals surface area (Å²) in [6, 6.07) is 16.3. The summed E-state index contributed by atoms with van der Waals surface area (Å²) in [5, 5.41) is 0. The first-order valence-corrected chi connectivity index (χ1v) is 7.54. The van der Waals surface area contributed by atoms with Gasteiger partial charge in [0.25, 0.3) is 0 Å². The number of benzene rings is 2. The Labute approximate surface area is 126 Å². The number of fused-ring (bicyclic) bond motifs is 1. The zero-order valence-electron chi connectivity index (χ0n) is 12.5. The van der Waals surface area contributed by atoms with E-state index in [9.17, 15) is 0 Å². The Kier molecular flexibility index (Phi) is 4.00. The van der Waals surface area contributed by atoms with E-state index in [4.69, 9.17) is 10.5 Å². The zero-order valence-corrected chi connectivity index (χ0v) is 12.5. The predicted molar refractivity (Wildman–Crippen MR) is 87.9 cm³/mol. The van der Waals surface area contributed by atoms with Gasteiger partial charge >= 0.3 is 0 Å². The number of hydrogen-bond donors (Lipinski definition) is 1. The second-order valence-corrected chi connectivity index (χ2v) is 5.77. The summed E-state index contributed by atoms with van der Waals surface area (Å²) in [5.41, 5.74) is 9.39. The number of nitrogens with zero attached hydrogens (tertiary/aromatic N) is 1. The van der Waals surface area contributed by atoms with E-state index in [1.165, 1.54) is 17.7 Å². The van der Waals surface area contributed by atoms with Crippen molar-refractivity contribution in [1.82, 2.24) is 0 Å². The number of para-hydroxylation sites is 3. The van der Waals surface area contributed by atoms with Crippen LogP contribution in [-0.4, -0.2) is 19.7 Å². The van der Waals surface area contributed by atoms with E-state index in [1.54, 1.807) is 0 Å². The summed E-state index contributed by atoms with van der Waals surface area (Å²) in [7, 11) is 0. The van der Waals surface area contributed by atoms with Crippen LogP contribution in [0.1, 0.15) is 12.5 Å². The zero-order chi connectivity index (χ0) is 14.7. The standard InChI is InChI=1S/C18H22N2O/c1-14-12-15-6-2-4-8-17(15)20(13-14)10-11-21-18-9-5-3-7-16(18)19/h2-9,14H,10-13,19H2,1H3. The van der Waals surface area contributed by atoms with E-state index in [0.29, 0.717) is 18.2 Å². The average Bonchev–Trinajstić information content (AvgIpc) is 2.49. The lowest BCUT2D eigenvalue weighted by atomic mass is 9.94. The first-order valence-electron chi connectivity index (χ1n) is 7.54. The Balaban J connectivity index is 1.65. The van der Waals surface area contributed by atoms with Gasteiger partial charge in [-0.15, -0.1) is 0 Å². The van der Waals surface area contributed by atoms with E-state index in [-0.39, 0.29) is 0 Å². The van der Waals surface area contributed by atoms with Gasteiger partial charge in [-0.25, -0.2) is 0 Å². The lowest BCUT2D eigenvalue weighted by Crippen LogP contribution is -2.37. The van der Waals surface area contributed by atoms with Crippen molar-refractivity contribution < 1.29 is 4.74 Å². The van der Waals surface area contributed by atoms with E-state index in [1.807, 2.05) is 24.3 Å². The fraction of sp³-hybridized carbons (Fsp3) is 0.333. The monoisotopic (exact) mass is 282 g/mol. The number of rotatable bonds is 4. The average molecular weight is 282 g/mol. The molecular formula is C18H22N2O. The van der Waals surface area contributed by atoms with Gasteiger partial charge in [-0.05, 0) is 36.1 Å². The summed E-state index contributed by atoms with van der Waals surface area (Å²) in [6.45, 7) is 4.93. The van der Waals surface area contributed by atoms with Crippen molar-refractivity contribution in [1.29, 1.82) is 0 Å². The topological polar surface area (TPSA) is 38.5 Å². The summed E-state index contributed by atoms with van der Waals surface area (Å²) in [4.78, 5) is 2.42. The van der Waals surface area contributed by atoms with Crippen LogP contribution in [0.4, 0.5) is 11.4 Å². The van der Waals surface area contributed by atoms with E-state index in [2.05, 4.69) is 36.1 Å². The molecule has 1 aliphatic rings. The molecule has 2 aromatic carbocycles. The minimum atomic E-state index is 0.648. The molecule has 0 fully saturated rings. The van der Waals surface area contributed by atoms with Crippen molar-refractivity contribution in [2.24, 2.45) is 5.92 Å². The van der Waals surface area contributed by atoms with Gasteiger partial charge in [-0.1, -0.05) is 37.3 Å². The first-order chi connectivity index (χ1) is 10.2. The minimum absolute atomic E-state index is 0.648. The molecule has 0 spiro atoms.